The van der Waals surface area contributed by atoms with Gasteiger partial charge in [0.25, 0.3) is 5.91 Å². The number of carbonyl (C=O) groups excluding carboxylic acids is 2. The molecule has 1 heterocycles. The van der Waals surface area contributed by atoms with Crippen LogP contribution in [0.4, 0.5) is 4.79 Å². The first-order valence-electron chi connectivity index (χ1n) is 7.07. The van der Waals surface area contributed by atoms with Crippen LogP contribution in [0.25, 0.3) is 0 Å². The molecule has 0 radical (unpaired) electrons. The molecule has 0 spiro atoms. The highest BCUT2D eigenvalue weighted by atomic mass is 16.4. The van der Waals surface area contributed by atoms with Gasteiger partial charge < -0.3 is 15.3 Å². The molecule has 1 aliphatic rings. The molecule has 0 aromatic heterocycles. The van der Waals surface area contributed by atoms with Crippen LogP contribution in [0.2, 0.25) is 0 Å². The van der Waals surface area contributed by atoms with Crippen LogP contribution in [0.15, 0.2) is 11.1 Å². The second-order valence-electron chi connectivity index (χ2n) is 5.27. The van der Waals surface area contributed by atoms with Gasteiger partial charge in [0, 0.05) is 24.2 Å². The summed E-state index contributed by atoms with van der Waals surface area (Å²) in [6.45, 7) is 8.29. The Kier molecular flexibility index (Phi) is 6.36. The highest BCUT2D eigenvalue weighted by molar-refractivity contribution is 6.07. The lowest BCUT2D eigenvalue weighted by Gasteiger charge is -2.14. The average molecular weight is 297 g/mol. The number of rotatable bonds is 5. The van der Waals surface area contributed by atoms with Gasteiger partial charge in [0.05, 0.1) is 0 Å². The molecule has 0 bridgehead atoms. The maximum absolute atomic E-state index is 11.7. The summed E-state index contributed by atoms with van der Waals surface area (Å²) in [5.41, 5.74) is -0.0506. The molecule has 1 saturated heterocycles. The Morgan fingerprint density at radius 3 is 2.43 bits per heavy atom. The van der Waals surface area contributed by atoms with E-state index in [0.717, 1.165) is 26.1 Å². The van der Waals surface area contributed by atoms with Crippen molar-refractivity contribution in [2.24, 2.45) is 5.92 Å². The molecule has 1 fully saturated rings. The third kappa shape index (κ3) is 5.18. The van der Waals surface area contributed by atoms with Crippen LogP contribution in [0.3, 0.4) is 0 Å². The van der Waals surface area contributed by atoms with Crippen LogP contribution in [0.1, 0.15) is 27.2 Å². The minimum atomic E-state index is -1.17. The molecule has 0 saturated carbocycles. The zero-order chi connectivity index (χ0) is 16.0. The van der Waals surface area contributed by atoms with Gasteiger partial charge in [0.2, 0.25) is 0 Å². The second kappa shape index (κ2) is 7.78. The number of urea groups is 1. The van der Waals surface area contributed by atoms with Gasteiger partial charge in [-0.05, 0) is 39.3 Å². The first-order valence-corrected chi connectivity index (χ1v) is 7.07. The van der Waals surface area contributed by atoms with Gasteiger partial charge in [-0.15, -0.1) is 0 Å². The molecule has 1 aliphatic heterocycles. The van der Waals surface area contributed by atoms with Crippen LogP contribution in [-0.2, 0) is 9.59 Å². The highest BCUT2D eigenvalue weighted by Crippen LogP contribution is 2.14. The molecule has 1 rings (SSSR count). The van der Waals surface area contributed by atoms with E-state index in [2.05, 4.69) is 22.5 Å². The quantitative estimate of drug-likeness (QED) is 0.645. The molecular formula is C14H23N3O4. The number of nitrogens with one attached hydrogen (secondary N) is 2. The third-order valence-electron chi connectivity index (χ3n) is 3.82. The average Bonchev–Trinajstić information content (AvgIpc) is 2.91. The topological polar surface area (TPSA) is 98.7 Å². The molecular weight excluding hydrogens is 274 g/mol. The van der Waals surface area contributed by atoms with E-state index in [4.69, 9.17) is 5.11 Å². The van der Waals surface area contributed by atoms with E-state index in [1.165, 1.54) is 13.8 Å². The fraction of sp³-hybridized carbons (Fsp3) is 0.643. The molecule has 0 aromatic carbocycles. The lowest BCUT2D eigenvalue weighted by Crippen LogP contribution is -2.42. The minimum Gasteiger partial charge on any atom is -0.478 e. The van der Waals surface area contributed by atoms with Gasteiger partial charge in [-0.2, -0.15) is 0 Å². The molecule has 7 nitrogen and oxygen atoms in total. The first kappa shape index (κ1) is 17.2. The van der Waals surface area contributed by atoms with E-state index in [9.17, 15) is 14.4 Å². The van der Waals surface area contributed by atoms with Gasteiger partial charge in [-0.3, -0.25) is 10.1 Å². The van der Waals surface area contributed by atoms with Crippen molar-refractivity contribution in [2.45, 2.75) is 27.2 Å². The van der Waals surface area contributed by atoms with Gasteiger partial charge >= 0.3 is 12.0 Å². The molecule has 1 atom stereocenters. The van der Waals surface area contributed by atoms with Crippen LogP contribution in [0.5, 0.6) is 0 Å². The zero-order valence-electron chi connectivity index (χ0n) is 12.7. The van der Waals surface area contributed by atoms with Crippen molar-refractivity contribution >= 4 is 17.9 Å². The molecule has 21 heavy (non-hydrogen) atoms. The van der Waals surface area contributed by atoms with E-state index < -0.39 is 17.9 Å². The van der Waals surface area contributed by atoms with Crippen molar-refractivity contribution in [3.63, 3.8) is 0 Å². The summed E-state index contributed by atoms with van der Waals surface area (Å²) in [5, 5.41) is 13.6. The van der Waals surface area contributed by atoms with Crippen molar-refractivity contribution in [1.29, 1.82) is 0 Å². The number of imide groups is 1. The molecule has 118 valence electrons. The fourth-order valence-electron chi connectivity index (χ4n) is 2.18. The summed E-state index contributed by atoms with van der Waals surface area (Å²) in [5.74, 6) is -1.47. The maximum Gasteiger partial charge on any atom is 0.331 e. The third-order valence-corrected chi connectivity index (χ3v) is 3.82. The van der Waals surface area contributed by atoms with E-state index in [-0.39, 0.29) is 11.1 Å². The summed E-state index contributed by atoms with van der Waals surface area (Å²) in [6.07, 6.45) is 1.03. The number of carboxylic acids is 1. The summed E-state index contributed by atoms with van der Waals surface area (Å²) >= 11 is 0. The van der Waals surface area contributed by atoms with Crippen molar-refractivity contribution in [3.05, 3.63) is 11.1 Å². The monoisotopic (exact) mass is 297 g/mol. The van der Waals surface area contributed by atoms with Gasteiger partial charge in [-0.25, -0.2) is 9.59 Å². The number of hydrogen-bond acceptors (Lipinski definition) is 4. The van der Waals surface area contributed by atoms with Crippen molar-refractivity contribution in [1.82, 2.24) is 15.5 Å². The number of amides is 3. The van der Waals surface area contributed by atoms with Crippen molar-refractivity contribution in [2.75, 3.05) is 26.2 Å². The number of carbonyl (C=O) groups is 3. The van der Waals surface area contributed by atoms with Gasteiger partial charge in [0.15, 0.2) is 0 Å². The minimum absolute atomic E-state index is 0.0238. The molecule has 3 N–H and O–H groups in total. The predicted molar refractivity (Wildman–Crippen MR) is 77.8 cm³/mol. The Morgan fingerprint density at radius 1 is 1.24 bits per heavy atom. The second-order valence-corrected chi connectivity index (χ2v) is 5.27. The van der Waals surface area contributed by atoms with Crippen molar-refractivity contribution in [3.8, 4) is 0 Å². The summed E-state index contributed by atoms with van der Waals surface area (Å²) in [7, 11) is 0. The number of hydrogen-bond donors (Lipinski definition) is 3. The Hall–Kier alpha value is -1.89. The Morgan fingerprint density at radius 2 is 1.90 bits per heavy atom. The fourth-order valence-corrected chi connectivity index (χ4v) is 2.18. The normalized spacial score (nSPS) is 19.9. The summed E-state index contributed by atoms with van der Waals surface area (Å²) in [4.78, 5) is 36.4. The predicted octanol–water partition coefficient (Wildman–Crippen LogP) is 0.575. The summed E-state index contributed by atoms with van der Waals surface area (Å²) < 4.78 is 0. The largest absolute Gasteiger partial charge is 0.478 e. The maximum atomic E-state index is 11.7. The molecule has 0 aliphatic carbocycles. The van der Waals surface area contributed by atoms with E-state index in [1.54, 1.807) is 0 Å². The molecule has 1 unspecified atom stereocenters. The van der Waals surface area contributed by atoms with Gasteiger partial charge in [0.1, 0.15) is 0 Å². The van der Waals surface area contributed by atoms with E-state index >= 15 is 0 Å². The highest BCUT2D eigenvalue weighted by Gasteiger charge is 2.22. The number of likely N-dealkylation sites (tertiary alicyclic amines) is 1. The Bertz CT molecular complexity index is 459. The molecule has 3 amide bonds. The Labute approximate surface area is 124 Å². The lowest BCUT2D eigenvalue weighted by molar-refractivity contribution is -0.133. The Balaban J connectivity index is 2.39. The summed E-state index contributed by atoms with van der Waals surface area (Å²) in [6, 6.07) is -0.590. The van der Waals surface area contributed by atoms with Crippen LogP contribution in [0, 0.1) is 5.92 Å². The molecule has 7 heteroatoms. The van der Waals surface area contributed by atoms with E-state index in [1.807, 2.05) is 0 Å². The molecule has 0 aromatic rings. The standard InChI is InChI=1S/C14H23N3O4/c1-4-17-6-5-11(8-17)7-15-14(21)16-12(18)9(2)10(3)13(19)20/h11H,4-8H2,1-3H3,(H,19,20)(H2,15,16,18,21). The van der Waals surface area contributed by atoms with Crippen LogP contribution in [-0.4, -0.2) is 54.1 Å². The zero-order valence-corrected chi connectivity index (χ0v) is 12.7. The van der Waals surface area contributed by atoms with Crippen molar-refractivity contribution < 1.29 is 19.5 Å². The number of aliphatic carboxylic acids is 1. The SMILES string of the molecule is CCN1CCC(CNC(=O)NC(=O)C(C)=C(C)C(=O)O)C1. The smallest absolute Gasteiger partial charge is 0.331 e. The lowest BCUT2D eigenvalue weighted by atomic mass is 10.1. The van der Waals surface area contributed by atoms with Crippen LogP contribution < -0.4 is 10.6 Å². The number of nitrogens with zero attached hydrogens (tertiary/aromatic N) is 1. The van der Waals surface area contributed by atoms with Gasteiger partial charge in [-0.1, -0.05) is 6.92 Å². The first-order chi connectivity index (χ1) is 9.85. The van der Waals surface area contributed by atoms with E-state index in [0.29, 0.717) is 12.5 Å². The number of carboxylic acid groups (broad SMARTS) is 1. The van der Waals surface area contributed by atoms with Crippen LogP contribution >= 0.6 is 0 Å².